The first-order valence-electron chi connectivity index (χ1n) is 8.08. The van der Waals surface area contributed by atoms with Gasteiger partial charge in [0.15, 0.2) is 0 Å². The molecule has 0 bridgehead atoms. The molecule has 0 unspecified atom stereocenters. The number of anilines is 2. The standard InChI is InChI=1S/C20H23N3/c1-4-15-8-5-11-17(14-15)23(3)20(21-2)22-19-13-7-10-16-9-6-12-18(16)19/h5-8,10-14H,4,9H2,1-3H3,(H,21,22). The molecular formula is C20H23N3. The second kappa shape index (κ2) is 6.69. The van der Waals surface area contributed by atoms with Crippen LogP contribution in [0, 0.1) is 0 Å². The predicted octanol–water partition coefficient (Wildman–Crippen LogP) is 4.35. The Morgan fingerprint density at radius 2 is 2.04 bits per heavy atom. The fraction of sp³-hybridized carbons (Fsp3) is 0.250. The number of guanidine groups is 1. The molecule has 0 aliphatic heterocycles. The molecule has 0 fully saturated rings. The van der Waals surface area contributed by atoms with Crippen LogP contribution >= 0.6 is 0 Å². The summed E-state index contributed by atoms with van der Waals surface area (Å²) in [5, 5.41) is 3.49. The zero-order chi connectivity index (χ0) is 16.2. The maximum atomic E-state index is 4.45. The molecule has 1 aliphatic carbocycles. The van der Waals surface area contributed by atoms with Crippen molar-refractivity contribution in [2.75, 3.05) is 24.3 Å². The van der Waals surface area contributed by atoms with Crippen molar-refractivity contribution >= 4 is 23.4 Å². The van der Waals surface area contributed by atoms with Crippen molar-refractivity contribution < 1.29 is 0 Å². The molecule has 0 spiro atoms. The lowest BCUT2D eigenvalue weighted by Crippen LogP contribution is -2.33. The molecule has 0 saturated carbocycles. The molecule has 1 N–H and O–H groups in total. The van der Waals surface area contributed by atoms with Crippen LogP contribution in [0.3, 0.4) is 0 Å². The third kappa shape index (κ3) is 3.14. The fourth-order valence-corrected chi connectivity index (χ4v) is 2.92. The number of fused-ring (bicyclic) bond motifs is 1. The van der Waals surface area contributed by atoms with E-state index in [1.54, 1.807) is 0 Å². The monoisotopic (exact) mass is 305 g/mol. The zero-order valence-electron chi connectivity index (χ0n) is 14.0. The summed E-state index contributed by atoms with van der Waals surface area (Å²) in [5.41, 5.74) is 6.20. The van der Waals surface area contributed by atoms with Crippen LogP contribution in [0.1, 0.15) is 23.6 Å². The van der Waals surface area contributed by atoms with Crippen molar-refractivity contribution in [3.8, 4) is 0 Å². The molecule has 0 saturated heterocycles. The molecule has 1 aliphatic rings. The number of rotatable bonds is 3. The van der Waals surface area contributed by atoms with E-state index in [2.05, 4.69) is 76.7 Å². The van der Waals surface area contributed by atoms with E-state index in [0.717, 1.165) is 30.2 Å². The van der Waals surface area contributed by atoms with Gasteiger partial charge in [0.1, 0.15) is 0 Å². The highest BCUT2D eigenvalue weighted by molar-refractivity contribution is 6.06. The Balaban J connectivity index is 1.86. The number of benzene rings is 2. The maximum absolute atomic E-state index is 4.45. The number of nitrogens with one attached hydrogen (secondary N) is 1. The van der Waals surface area contributed by atoms with E-state index in [1.807, 2.05) is 14.1 Å². The van der Waals surface area contributed by atoms with Gasteiger partial charge in [-0.3, -0.25) is 4.99 Å². The van der Waals surface area contributed by atoms with E-state index in [0.29, 0.717) is 0 Å². The van der Waals surface area contributed by atoms with Crippen LogP contribution in [0.2, 0.25) is 0 Å². The summed E-state index contributed by atoms with van der Waals surface area (Å²) in [7, 11) is 3.87. The van der Waals surface area contributed by atoms with Crippen molar-refractivity contribution in [2.45, 2.75) is 19.8 Å². The Morgan fingerprint density at radius 1 is 1.22 bits per heavy atom. The molecule has 0 amide bonds. The highest BCUT2D eigenvalue weighted by Crippen LogP contribution is 2.27. The summed E-state index contributed by atoms with van der Waals surface area (Å²) in [6.07, 6.45) is 6.43. The van der Waals surface area contributed by atoms with Gasteiger partial charge >= 0.3 is 0 Å². The quantitative estimate of drug-likeness (QED) is 0.674. The third-order valence-corrected chi connectivity index (χ3v) is 4.30. The Kier molecular flexibility index (Phi) is 4.47. The second-order valence-electron chi connectivity index (χ2n) is 5.74. The second-order valence-corrected chi connectivity index (χ2v) is 5.74. The Labute approximate surface area is 138 Å². The first-order valence-corrected chi connectivity index (χ1v) is 8.08. The summed E-state index contributed by atoms with van der Waals surface area (Å²) in [6, 6.07) is 15.0. The molecule has 0 atom stereocenters. The van der Waals surface area contributed by atoms with Gasteiger partial charge in [-0.15, -0.1) is 0 Å². The van der Waals surface area contributed by atoms with E-state index in [1.165, 1.54) is 16.7 Å². The average Bonchev–Trinajstić information content (AvgIpc) is 3.08. The molecular weight excluding hydrogens is 282 g/mol. The molecule has 23 heavy (non-hydrogen) atoms. The van der Waals surface area contributed by atoms with Crippen LogP contribution in [0.15, 0.2) is 53.5 Å². The minimum Gasteiger partial charge on any atom is -0.325 e. The molecule has 0 heterocycles. The first-order chi connectivity index (χ1) is 11.2. The molecule has 0 radical (unpaired) electrons. The molecule has 2 aromatic carbocycles. The largest absolute Gasteiger partial charge is 0.325 e. The lowest BCUT2D eigenvalue weighted by Gasteiger charge is -2.23. The average molecular weight is 305 g/mol. The maximum Gasteiger partial charge on any atom is 0.202 e. The number of allylic oxidation sites excluding steroid dienone is 1. The van der Waals surface area contributed by atoms with Gasteiger partial charge in [-0.25, -0.2) is 0 Å². The Morgan fingerprint density at radius 3 is 2.83 bits per heavy atom. The third-order valence-electron chi connectivity index (χ3n) is 4.30. The van der Waals surface area contributed by atoms with Gasteiger partial charge < -0.3 is 10.2 Å². The van der Waals surface area contributed by atoms with Crippen LogP contribution < -0.4 is 10.2 Å². The van der Waals surface area contributed by atoms with Gasteiger partial charge in [-0.2, -0.15) is 0 Å². The molecule has 3 nitrogen and oxygen atoms in total. The Bertz CT molecular complexity index is 759. The minimum absolute atomic E-state index is 0.840. The summed E-state index contributed by atoms with van der Waals surface area (Å²) >= 11 is 0. The molecule has 0 aromatic heterocycles. The minimum atomic E-state index is 0.840. The van der Waals surface area contributed by atoms with Gasteiger partial charge in [0.2, 0.25) is 5.96 Å². The fourth-order valence-electron chi connectivity index (χ4n) is 2.92. The van der Waals surface area contributed by atoms with Gasteiger partial charge in [0.05, 0.1) is 0 Å². The SMILES string of the molecule is CCc1cccc(N(C)C(=NC)Nc2cccc3c2C=CC3)c1. The number of hydrogen-bond acceptors (Lipinski definition) is 1. The van der Waals surface area contributed by atoms with E-state index >= 15 is 0 Å². The number of nitrogens with zero attached hydrogens (tertiary/aromatic N) is 2. The first kappa shape index (κ1) is 15.3. The van der Waals surface area contributed by atoms with Gasteiger partial charge in [-0.1, -0.05) is 43.3 Å². The lowest BCUT2D eigenvalue weighted by atomic mass is 10.1. The smallest absolute Gasteiger partial charge is 0.202 e. The van der Waals surface area contributed by atoms with Crippen molar-refractivity contribution in [3.05, 3.63) is 65.2 Å². The molecule has 118 valence electrons. The van der Waals surface area contributed by atoms with E-state index < -0.39 is 0 Å². The van der Waals surface area contributed by atoms with Crippen LogP contribution in [0.5, 0.6) is 0 Å². The van der Waals surface area contributed by atoms with Crippen molar-refractivity contribution in [3.63, 3.8) is 0 Å². The van der Waals surface area contributed by atoms with Crippen molar-refractivity contribution in [2.24, 2.45) is 4.99 Å². The van der Waals surface area contributed by atoms with Crippen molar-refractivity contribution in [1.29, 1.82) is 0 Å². The van der Waals surface area contributed by atoms with Crippen molar-refractivity contribution in [1.82, 2.24) is 0 Å². The van der Waals surface area contributed by atoms with Gasteiger partial charge in [-0.05, 0) is 42.2 Å². The number of hydrogen-bond donors (Lipinski definition) is 1. The highest BCUT2D eigenvalue weighted by Gasteiger charge is 2.14. The molecule has 3 heteroatoms. The topological polar surface area (TPSA) is 27.6 Å². The molecule has 2 aromatic rings. The van der Waals surface area contributed by atoms with Gasteiger partial charge in [0.25, 0.3) is 0 Å². The summed E-state index contributed by atoms with van der Waals surface area (Å²) < 4.78 is 0. The zero-order valence-corrected chi connectivity index (χ0v) is 14.0. The highest BCUT2D eigenvalue weighted by atomic mass is 15.3. The predicted molar refractivity (Wildman–Crippen MR) is 100 cm³/mol. The number of aliphatic imine (C=N–C) groups is 1. The van der Waals surface area contributed by atoms with Crippen LogP contribution in [-0.2, 0) is 12.8 Å². The lowest BCUT2D eigenvalue weighted by molar-refractivity contribution is 1.13. The summed E-state index contributed by atoms with van der Waals surface area (Å²) in [5.74, 6) is 0.840. The van der Waals surface area contributed by atoms with E-state index in [9.17, 15) is 0 Å². The molecule has 3 rings (SSSR count). The van der Waals surface area contributed by atoms with Crippen LogP contribution in [0.4, 0.5) is 11.4 Å². The van der Waals surface area contributed by atoms with Gasteiger partial charge in [0, 0.05) is 31.0 Å². The van der Waals surface area contributed by atoms with E-state index in [4.69, 9.17) is 0 Å². The normalized spacial score (nSPS) is 13.1. The number of aryl methyl sites for hydroxylation is 1. The van der Waals surface area contributed by atoms with E-state index in [-0.39, 0.29) is 0 Å². The summed E-state index contributed by atoms with van der Waals surface area (Å²) in [6.45, 7) is 2.17. The Hall–Kier alpha value is -2.55. The van der Waals surface area contributed by atoms with Crippen LogP contribution in [0.25, 0.3) is 6.08 Å². The summed E-state index contributed by atoms with van der Waals surface area (Å²) in [4.78, 5) is 6.54. The van der Waals surface area contributed by atoms with Crippen LogP contribution in [-0.4, -0.2) is 20.1 Å².